The summed E-state index contributed by atoms with van der Waals surface area (Å²) < 4.78 is 23.1. The molecule has 250 valence electrons. The number of allylic oxidation sites excluding steroid dienone is 7. The molecule has 1 saturated heterocycles. The number of nitrogens with one attached hydrogen (secondary N) is 2. The summed E-state index contributed by atoms with van der Waals surface area (Å²) in [6.07, 6.45) is 9.91. The number of hydrogen-bond acceptors (Lipinski definition) is 9. The van der Waals surface area contributed by atoms with Gasteiger partial charge < -0.3 is 29.6 Å². The maximum Gasteiger partial charge on any atom is 0.349 e. The predicted molar refractivity (Wildman–Crippen MR) is 180 cm³/mol. The third kappa shape index (κ3) is 12.0. The van der Waals surface area contributed by atoms with Crippen molar-refractivity contribution in [3.8, 4) is 5.75 Å². The molecule has 1 fully saturated rings. The Morgan fingerprint density at radius 3 is 2.48 bits per heavy atom. The number of benzene rings is 1. The smallest absolute Gasteiger partial charge is 0.349 e. The first kappa shape index (κ1) is 38.1. The highest BCUT2D eigenvalue weighted by Crippen LogP contribution is 2.44. The van der Waals surface area contributed by atoms with E-state index >= 15 is 0 Å². The van der Waals surface area contributed by atoms with Gasteiger partial charge in [0.1, 0.15) is 17.6 Å². The minimum atomic E-state index is -1.45. The van der Waals surface area contributed by atoms with Crippen LogP contribution in [0.5, 0.6) is 5.75 Å². The summed E-state index contributed by atoms with van der Waals surface area (Å²) in [6, 6.07) is 6.21. The molecule has 0 bridgehead atoms. The van der Waals surface area contributed by atoms with Gasteiger partial charge in [-0.05, 0) is 77.0 Å². The first-order valence-electron chi connectivity index (χ1n) is 15.1. The molecular formula is C35H46N2O8S. The van der Waals surface area contributed by atoms with Gasteiger partial charge in [0.05, 0.1) is 25.8 Å². The van der Waals surface area contributed by atoms with Crippen LogP contribution in [0.4, 0.5) is 0 Å². The molecule has 1 aromatic carbocycles. The Kier molecular flexibility index (Phi) is 15.5. The van der Waals surface area contributed by atoms with E-state index in [-0.39, 0.29) is 25.3 Å². The van der Waals surface area contributed by atoms with Gasteiger partial charge >= 0.3 is 11.9 Å². The zero-order valence-corrected chi connectivity index (χ0v) is 28.5. The summed E-state index contributed by atoms with van der Waals surface area (Å²) in [4.78, 5) is 49.9. The summed E-state index contributed by atoms with van der Waals surface area (Å²) >= 11 is 1.17. The van der Waals surface area contributed by atoms with Gasteiger partial charge in [-0.15, -0.1) is 0 Å². The SMILES string of the molecule is C=C/C(=C\C=C(C)C)S[C@@]1(C(=O)OC)CCC(NC(C)=O)[C@H](CC(CNC(=O)c2cccc(OC(/C=C\C)=C/C)c2)OC(C)=O)O1. The van der Waals surface area contributed by atoms with Crippen molar-refractivity contribution in [1.29, 1.82) is 0 Å². The number of ether oxygens (including phenoxy) is 4. The number of esters is 2. The maximum atomic E-state index is 13.2. The van der Waals surface area contributed by atoms with Crippen LogP contribution in [-0.4, -0.2) is 60.6 Å². The van der Waals surface area contributed by atoms with Crippen LogP contribution in [0.2, 0.25) is 0 Å². The summed E-state index contributed by atoms with van der Waals surface area (Å²) in [5.41, 5.74) is 1.41. The van der Waals surface area contributed by atoms with Crippen LogP contribution >= 0.6 is 11.8 Å². The summed E-state index contributed by atoms with van der Waals surface area (Å²) in [6.45, 7) is 14.1. The van der Waals surface area contributed by atoms with Crippen LogP contribution in [-0.2, 0) is 28.6 Å². The van der Waals surface area contributed by atoms with E-state index < -0.39 is 41.0 Å². The lowest BCUT2D eigenvalue weighted by Gasteiger charge is -2.43. The summed E-state index contributed by atoms with van der Waals surface area (Å²) in [5.74, 6) is -0.719. The molecule has 0 radical (unpaired) electrons. The molecule has 0 aliphatic carbocycles. The Labute approximate surface area is 276 Å². The highest BCUT2D eigenvalue weighted by Gasteiger charge is 2.50. The lowest BCUT2D eigenvalue weighted by molar-refractivity contribution is -0.176. The Balaban J connectivity index is 2.33. The number of hydrogen-bond donors (Lipinski definition) is 2. The zero-order valence-electron chi connectivity index (χ0n) is 27.7. The van der Waals surface area contributed by atoms with Crippen molar-refractivity contribution in [2.45, 2.75) is 84.0 Å². The largest absolute Gasteiger partial charge is 0.466 e. The fourth-order valence-corrected chi connectivity index (χ4v) is 5.89. The van der Waals surface area contributed by atoms with Gasteiger partial charge in [0, 0.05) is 30.7 Å². The van der Waals surface area contributed by atoms with Gasteiger partial charge in [0.15, 0.2) is 0 Å². The van der Waals surface area contributed by atoms with Crippen molar-refractivity contribution in [2.24, 2.45) is 0 Å². The number of carbonyl (C=O) groups is 4. The Morgan fingerprint density at radius 1 is 1.15 bits per heavy atom. The van der Waals surface area contributed by atoms with Crippen molar-refractivity contribution in [1.82, 2.24) is 10.6 Å². The van der Waals surface area contributed by atoms with Crippen molar-refractivity contribution in [2.75, 3.05) is 13.7 Å². The molecule has 0 spiro atoms. The highest BCUT2D eigenvalue weighted by atomic mass is 32.2. The zero-order chi connectivity index (χ0) is 34.3. The molecule has 1 heterocycles. The van der Waals surface area contributed by atoms with E-state index in [1.54, 1.807) is 30.3 Å². The summed E-state index contributed by atoms with van der Waals surface area (Å²) in [7, 11) is 1.29. The van der Waals surface area contributed by atoms with Crippen molar-refractivity contribution < 1.29 is 38.1 Å². The van der Waals surface area contributed by atoms with E-state index in [4.69, 9.17) is 18.9 Å². The second kappa shape index (κ2) is 18.8. The van der Waals surface area contributed by atoms with E-state index in [1.165, 1.54) is 32.7 Å². The molecule has 2 rings (SSSR count). The Bertz CT molecular complexity index is 1380. The van der Waals surface area contributed by atoms with Gasteiger partial charge in [-0.1, -0.05) is 48.2 Å². The van der Waals surface area contributed by atoms with Crippen LogP contribution in [0.1, 0.15) is 71.2 Å². The molecule has 1 aliphatic rings. The molecular weight excluding hydrogens is 608 g/mol. The fraction of sp³-hybridized carbons (Fsp3) is 0.429. The van der Waals surface area contributed by atoms with Gasteiger partial charge in [-0.2, -0.15) is 0 Å². The molecule has 46 heavy (non-hydrogen) atoms. The molecule has 1 aromatic rings. The van der Waals surface area contributed by atoms with Crippen LogP contribution in [0.25, 0.3) is 0 Å². The van der Waals surface area contributed by atoms with E-state index in [1.807, 2.05) is 58.1 Å². The van der Waals surface area contributed by atoms with Crippen molar-refractivity contribution in [3.05, 3.63) is 89.1 Å². The van der Waals surface area contributed by atoms with Crippen LogP contribution in [0.15, 0.2) is 83.5 Å². The van der Waals surface area contributed by atoms with Crippen LogP contribution in [0.3, 0.4) is 0 Å². The van der Waals surface area contributed by atoms with Crippen molar-refractivity contribution in [3.63, 3.8) is 0 Å². The molecule has 4 atom stereocenters. The standard InChI is InChI=1S/C35H46N2O8S/c1-9-13-27(10-2)44-28-15-12-14-26(20-28)33(40)36-22-29(43-25(7)39)21-32-31(37-24(6)38)18-19-35(45-32,34(41)42-8)46-30(11-3)17-16-23(4)5/h9-17,20,29,31-32H,3,18-19,21-22H2,1-2,4-8H3,(H,36,40)(H,37,38)/b13-9-,27-10+,30-17+/t29?,31?,32-,35+/m0/s1. The predicted octanol–water partition coefficient (Wildman–Crippen LogP) is 5.92. The first-order chi connectivity index (χ1) is 21.9. The average Bonchev–Trinajstić information content (AvgIpc) is 3.01. The molecule has 2 amide bonds. The molecule has 10 nitrogen and oxygen atoms in total. The van der Waals surface area contributed by atoms with E-state index in [9.17, 15) is 19.2 Å². The molecule has 1 aliphatic heterocycles. The highest BCUT2D eigenvalue weighted by molar-refractivity contribution is 8.05. The number of methoxy groups -OCH3 is 1. The molecule has 0 aromatic heterocycles. The van der Waals surface area contributed by atoms with E-state index in [0.29, 0.717) is 28.4 Å². The van der Waals surface area contributed by atoms with Gasteiger partial charge in [0.2, 0.25) is 10.8 Å². The van der Waals surface area contributed by atoms with Gasteiger partial charge in [-0.3, -0.25) is 14.4 Å². The van der Waals surface area contributed by atoms with Crippen LogP contribution < -0.4 is 15.4 Å². The van der Waals surface area contributed by atoms with Crippen LogP contribution in [0, 0.1) is 0 Å². The van der Waals surface area contributed by atoms with E-state index in [2.05, 4.69) is 17.2 Å². The molecule has 0 saturated carbocycles. The number of amides is 2. The molecule has 2 unspecified atom stereocenters. The average molecular weight is 655 g/mol. The number of thioether (sulfide) groups is 1. The fourth-order valence-electron chi connectivity index (χ4n) is 4.73. The quantitative estimate of drug-likeness (QED) is 0.135. The normalized spacial score (nSPS) is 20.7. The third-order valence-electron chi connectivity index (χ3n) is 6.79. The van der Waals surface area contributed by atoms with Crippen molar-refractivity contribution >= 4 is 35.5 Å². The lowest BCUT2D eigenvalue weighted by atomic mass is 9.93. The Morgan fingerprint density at radius 2 is 1.89 bits per heavy atom. The van der Waals surface area contributed by atoms with Gasteiger partial charge in [0.25, 0.3) is 5.91 Å². The lowest BCUT2D eigenvalue weighted by Crippen LogP contribution is -2.56. The summed E-state index contributed by atoms with van der Waals surface area (Å²) in [5, 5.41) is 5.72. The minimum absolute atomic E-state index is 0.0500. The minimum Gasteiger partial charge on any atom is -0.466 e. The van der Waals surface area contributed by atoms with Gasteiger partial charge in [-0.25, -0.2) is 4.79 Å². The Hall–Kier alpha value is -4.09. The van der Waals surface area contributed by atoms with E-state index in [0.717, 1.165) is 5.57 Å². The second-order valence-electron chi connectivity index (χ2n) is 10.9. The second-order valence-corrected chi connectivity index (χ2v) is 12.2. The topological polar surface area (TPSA) is 129 Å². The molecule has 2 N–H and O–H groups in total. The third-order valence-corrected chi connectivity index (χ3v) is 8.13. The maximum absolute atomic E-state index is 13.2. The monoisotopic (exact) mass is 654 g/mol. The molecule has 11 heteroatoms. The number of carbonyl (C=O) groups excluding carboxylic acids is 4. The number of rotatable bonds is 15. The first-order valence-corrected chi connectivity index (χ1v) is 15.9.